The molecule has 0 bridgehead atoms. The summed E-state index contributed by atoms with van der Waals surface area (Å²) in [5, 5.41) is 6.46. The quantitative estimate of drug-likeness (QED) is 0.693. The van der Waals surface area contributed by atoms with Crippen molar-refractivity contribution < 1.29 is 4.79 Å². The Balaban J connectivity index is 1.15. The highest BCUT2D eigenvalue weighted by molar-refractivity contribution is 7.22. The maximum Gasteiger partial charge on any atom is 0.231 e. The fourth-order valence-electron chi connectivity index (χ4n) is 3.99. The van der Waals surface area contributed by atoms with Crippen LogP contribution in [0.5, 0.6) is 0 Å². The van der Waals surface area contributed by atoms with Crippen LogP contribution in [0.2, 0.25) is 0 Å². The minimum absolute atomic E-state index is 0.212. The second-order valence-corrected chi connectivity index (χ2v) is 9.62. The van der Waals surface area contributed by atoms with Crippen LogP contribution < -0.4 is 10.2 Å². The molecule has 1 saturated carbocycles. The molecule has 5 rings (SSSR count). The van der Waals surface area contributed by atoms with Crippen molar-refractivity contribution >= 4 is 43.9 Å². The number of thiophene rings is 1. The van der Waals surface area contributed by atoms with Gasteiger partial charge in [-0.1, -0.05) is 29.5 Å². The highest BCUT2D eigenvalue weighted by Crippen LogP contribution is 2.50. The summed E-state index contributed by atoms with van der Waals surface area (Å²) in [4.78, 5) is 21.1. The number of rotatable bonds is 5. The van der Waals surface area contributed by atoms with Crippen LogP contribution >= 0.6 is 22.7 Å². The average molecular weight is 398 g/mol. The number of nitrogens with zero attached hydrogens (tertiary/aromatic N) is 2. The number of hydrogen-bond donors (Lipinski definition) is 1. The van der Waals surface area contributed by atoms with Crippen molar-refractivity contribution in [3.63, 3.8) is 0 Å². The zero-order valence-electron chi connectivity index (χ0n) is 15.2. The van der Waals surface area contributed by atoms with Gasteiger partial charge in [-0.2, -0.15) is 0 Å². The van der Waals surface area contributed by atoms with Crippen molar-refractivity contribution in [1.82, 2.24) is 10.3 Å². The molecular weight excluding hydrogens is 374 g/mol. The molecule has 27 heavy (non-hydrogen) atoms. The van der Waals surface area contributed by atoms with E-state index in [4.69, 9.17) is 4.98 Å². The Morgan fingerprint density at radius 3 is 2.70 bits per heavy atom. The van der Waals surface area contributed by atoms with Crippen LogP contribution in [-0.2, 0) is 10.2 Å². The normalized spacial score (nSPS) is 19.3. The van der Waals surface area contributed by atoms with Gasteiger partial charge in [0.1, 0.15) is 0 Å². The molecule has 1 aliphatic heterocycles. The Kier molecular flexibility index (Phi) is 4.40. The lowest BCUT2D eigenvalue weighted by Crippen LogP contribution is -2.41. The number of carbonyl (C=O) groups excluding carboxylic acids is 1. The number of aromatic nitrogens is 1. The molecule has 1 amide bonds. The van der Waals surface area contributed by atoms with Gasteiger partial charge in [-0.3, -0.25) is 4.79 Å². The molecule has 1 N–H and O–H groups in total. The summed E-state index contributed by atoms with van der Waals surface area (Å²) in [7, 11) is 0. The Morgan fingerprint density at radius 2 is 2.00 bits per heavy atom. The summed E-state index contributed by atoms with van der Waals surface area (Å²) >= 11 is 3.49. The van der Waals surface area contributed by atoms with Gasteiger partial charge in [0.2, 0.25) is 5.91 Å². The highest BCUT2D eigenvalue weighted by Gasteiger charge is 2.52. The summed E-state index contributed by atoms with van der Waals surface area (Å²) in [6.07, 6.45) is 4.22. The largest absolute Gasteiger partial charge is 0.355 e. The zero-order chi connectivity index (χ0) is 18.3. The van der Waals surface area contributed by atoms with Crippen molar-refractivity contribution in [2.24, 2.45) is 5.92 Å². The molecule has 3 heterocycles. The molecule has 6 heteroatoms. The average Bonchev–Trinajstić information content (AvgIpc) is 3.14. The second kappa shape index (κ2) is 6.91. The number of hydrogen-bond acceptors (Lipinski definition) is 5. The summed E-state index contributed by atoms with van der Waals surface area (Å²) < 4.78 is 1.25. The highest BCUT2D eigenvalue weighted by atomic mass is 32.1. The molecule has 1 saturated heterocycles. The molecule has 2 aliphatic rings. The van der Waals surface area contributed by atoms with E-state index in [1.165, 1.54) is 9.58 Å². The third-order valence-corrected chi connectivity index (χ3v) is 8.07. The third-order valence-electron chi connectivity index (χ3n) is 5.90. The van der Waals surface area contributed by atoms with Gasteiger partial charge in [0.25, 0.3) is 0 Å². The van der Waals surface area contributed by atoms with Crippen LogP contribution in [0.15, 0.2) is 41.8 Å². The van der Waals surface area contributed by atoms with E-state index >= 15 is 0 Å². The third kappa shape index (κ3) is 3.25. The molecule has 140 valence electrons. The minimum Gasteiger partial charge on any atom is -0.355 e. The smallest absolute Gasteiger partial charge is 0.231 e. The van der Waals surface area contributed by atoms with Crippen LogP contribution in [0.4, 0.5) is 5.13 Å². The number of nitrogens with one attached hydrogen (secondary N) is 1. The molecule has 0 unspecified atom stereocenters. The molecule has 2 aromatic heterocycles. The van der Waals surface area contributed by atoms with Crippen LogP contribution in [0, 0.1) is 5.92 Å². The maximum atomic E-state index is 12.7. The van der Waals surface area contributed by atoms with E-state index in [-0.39, 0.29) is 11.3 Å². The number of fused-ring (bicyclic) bond motifs is 1. The van der Waals surface area contributed by atoms with Crippen LogP contribution in [0.1, 0.15) is 30.6 Å². The summed E-state index contributed by atoms with van der Waals surface area (Å²) in [6, 6.07) is 12.5. The van der Waals surface area contributed by atoms with Gasteiger partial charge in [-0.25, -0.2) is 4.98 Å². The predicted octanol–water partition coefficient (Wildman–Crippen LogP) is 4.42. The Morgan fingerprint density at radius 1 is 1.19 bits per heavy atom. The Hall–Kier alpha value is -1.92. The standard InChI is InChI=1S/C21H23N3OS2/c25-19(21(9-10-21)18-6-3-13-26-18)22-14-15-7-11-24(12-8-15)20-23-16-4-1-2-5-17(16)27-20/h1-6,13,15H,7-12,14H2,(H,22,25). The Labute approximate surface area is 167 Å². The number of piperidine rings is 1. The number of thiazole rings is 1. The van der Waals surface area contributed by atoms with Gasteiger partial charge in [0, 0.05) is 24.5 Å². The molecule has 1 aliphatic carbocycles. The van der Waals surface area contributed by atoms with Crippen LogP contribution in [0.3, 0.4) is 0 Å². The number of benzene rings is 1. The van der Waals surface area contributed by atoms with E-state index in [0.717, 1.165) is 56.0 Å². The van der Waals surface area contributed by atoms with Gasteiger partial charge >= 0.3 is 0 Å². The molecule has 0 spiro atoms. The van der Waals surface area contributed by atoms with Crippen molar-refractivity contribution in [3.05, 3.63) is 46.7 Å². The lowest BCUT2D eigenvalue weighted by molar-refractivity contribution is -0.123. The molecule has 4 nitrogen and oxygen atoms in total. The summed E-state index contributed by atoms with van der Waals surface area (Å²) in [5.74, 6) is 0.803. The lowest BCUT2D eigenvalue weighted by atomic mass is 9.96. The van der Waals surface area contributed by atoms with E-state index in [2.05, 4.69) is 39.9 Å². The summed E-state index contributed by atoms with van der Waals surface area (Å²) in [5.41, 5.74) is 0.880. The molecule has 0 atom stereocenters. The first-order chi connectivity index (χ1) is 13.2. The van der Waals surface area contributed by atoms with Crippen molar-refractivity contribution in [2.75, 3.05) is 24.5 Å². The number of anilines is 1. The van der Waals surface area contributed by atoms with E-state index in [9.17, 15) is 4.79 Å². The predicted molar refractivity (Wildman–Crippen MR) is 113 cm³/mol. The fourth-order valence-corrected chi connectivity index (χ4v) is 5.99. The zero-order valence-corrected chi connectivity index (χ0v) is 16.8. The molecular formula is C21H23N3OS2. The minimum atomic E-state index is -0.212. The monoisotopic (exact) mass is 397 g/mol. The van der Waals surface area contributed by atoms with Crippen LogP contribution in [-0.4, -0.2) is 30.5 Å². The molecule has 3 aromatic rings. The van der Waals surface area contributed by atoms with Gasteiger partial charge in [0.05, 0.1) is 15.6 Å². The topological polar surface area (TPSA) is 45.2 Å². The van der Waals surface area contributed by atoms with E-state index in [1.807, 2.05) is 12.1 Å². The van der Waals surface area contributed by atoms with Crippen molar-refractivity contribution in [2.45, 2.75) is 31.1 Å². The first-order valence-electron chi connectivity index (χ1n) is 9.67. The van der Waals surface area contributed by atoms with E-state index < -0.39 is 0 Å². The van der Waals surface area contributed by atoms with Gasteiger partial charge in [-0.05, 0) is 55.2 Å². The summed E-state index contributed by atoms with van der Waals surface area (Å²) in [6.45, 7) is 2.85. The second-order valence-electron chi connectivity index (χ2n) is 7.66. The number of para-hydroxylation sites is 1. The van der Waals surface area contributed by atoms with E-state index in [0.29, 0.717) is 5.92 Å². The SMILES string of the molecule is O=C(NCC1CCN(c2nc3ccccc3s2)CC1)C1(c2cccs2)CC1. The first kappa shape index (κ1) is 17.2. The van der Waals surface area contributed by atoms with Crippen molar-refractivity contribution in [3.8, 4) is 0 Å². The van der Waals surface area contributed by atoms with Gasteiger partial charge in [-0.15, -0.1) is 11.3 Å². The number of amides is 1. The molecule has 0 radical (unpaired) electrons. The van der Waals surface area contributed by atoms with E-state index in [1.54, 1.807) is 22.7 Å². The Bertz CT molecular complexity index is 904. The van der Waals surface area contributed by atoms with Crippen LogP contribution in [0.25, 0.3) is 10.2 Å². The molecule has 2 fully saturated rings. The van der Waals surface area contributed by atoms with Gasteiger partial charge in [0.15, 0.2) is 5.13 Å². The number of carbonyl (C=O) groups is 1. The fraction of sp³-hybridized carbons (Fsp3) is 0.429. The van der Waals surface area contributed by atoms with Crippen molar-refractivity contribution in [1.29, 1.82) is 0 Å². The van der Waals surface area contributed by atoms with Gasteiger partial charge < -0.3 is 10.2 Å². The maximum absolute atomic E-state index is 12.7. The lowest BCUT2D eigenvalue weighted by Gasteiger charge is -2.32. The first-order valence-corrected chi connectivity index (χ1v) is 11.4. The molecule has 1 aromatic carbocycles.